The van der Waals surface area contributed by atoms with Crippen molar-refractivity contribution in [1.82, 2.24) is 9.97 Å². The van der Waals surface area contributed by atoms with Crippen molar-refractivity contribution in [3.63, 3.8) is 0 Å². The van der Waals surface area contributed by atoms with Gasteiger partial charge in [0, 0.05) is 14.9 Å². The van der Waals surface area contributed by atoms with Crippen LogP contribution < -0.4 is 16.4 Å². The minimum absolute atomic E-state index is 0.478. The molecule has 5 nitrogen and oxygen atoms in total. The SMILES string of the molecule is Cc1ccc(Nc2ncnc(Nc3ccc(I)cc3)c2N)cc1. The van der Waals surface area contributed by atoms with E-state index in [-0.39, 0.29) is 0 Å². The summed E-state index contributed by atoms with van der Waals surface area (Å²) in [4.78, 5) is 8.45. The molecular formula is C17H16IN5. The highest BCUT2D eigenvalue weighted by molar-refractivity contribution is 14.1. The van der Waals surface area contributed by atoms with E-state index in [1.54, 1.807) is 0 Å². The van der Waals surface area contributed by atoms with Crippen molar-refractivity contribution in [2.75, 3.05) is 16.4 Å². The predicted octanol–water partition coefficient (Wildman–Crippen LogP) is 4.46. The molecule has 3 aromatic rings. The molecule has 4 N–H and O–H groups in total. The van der Waals surface area contributed by atoms with Crippen molar-refractivity contribution in [1.29, 1.82) is 0 Å². The number of benzene rings is 2. The maximum atomic E-state index is 6.19. The van der Waals surface area contributed by atoms with Crippen LogP contribution in [0.2, 0.25) is 0 Å². The number of nitrogen functional groups attached to an aromatic ring is 1. The molecule has 0 fully saturated rings. The Kier molecular flexibility index (Phi) is 4.61. The van der Waals surface area contributed by atoms with E-state index in [9.17, 15) is 0 Å². The van der Waals surface area contributed by atoms with E-state index in [0.717, 1.165) is 11.4 Å². The first kappa shape index (κ1) is 15.5. The molecule has 3 rings (SSSR count). The Labute approximate surface area is 148 Å². The Bertz CT molecular complexity index is 734. The van der Waals surface area contributed by atoms with Crippen LogP contribution in [0.4, 0.5) is 28.7 Å². The molecule has 0 saturated carbocycles. The van der Waals surface area contributed by atoms with Crippen LogP contribution in [0.15, 0.2) is 54.9 Å². The summed E-state index contributed by atoms with van der Waals surface area (Å²) in [6.07, 6.45) is 1.49. The molecule has 0 bridgehead atoms. The summed E-state index contributed by atoms with van der Waals surface area (Å²) < 4.78 is 1.17. The van der Waals surface area contributed by atoms with Crippen molar-refractivity contribution in [3.8, 4) is 0 Å². The van der Waals surface area contributed by atoms with Gasteiger partial charge in [-0.1, -0.05) is 17.7 Å². The Morgan fingerprint density at radius 3 is 1.83 bits per heavy atom. The maximum Gasteiger partial charge on any atom is 0.159 e. The van der Waals surface area contributed by atoms with Gasteiger partial charge in [0.25, 0.3) is 0 Å². The summed E-state index contributed by atoms with van der Waals surface area (Å²) in [5.74, 6) is 1.16. The summed E-state index contributed by atoms with van der Waals surface area (Å²) >= 11 is 2.27. The zero-order valence-corrected chi connectivity index (χ0v) is 14.7. The highest BCUT2D eigenvalue weighted by Gasteiger charge is 2.08. The molecule has 0 atom stereocenters. The number of nitrogens with zero attached hydrogens (tertiary/aromatic N) is 2. The van der Waals surface area contributed by atoms with Gasteiger partial charge in [-0.05, 0) is 65.9 Å². The third kappa shape index (κ3) is 3.89. The van der Waals surface area contributed by atoms with Gasteiger partial charge in [-0.2, -0.15) is 0 Å². The molecule has 2 aromatic carbocycles. The lowest BCUT2D eigenvalue weighted by molar-refractivity contribution is 1.17. The van der Waals surface area contributed by atoms with Crippen LogP contribution >= 0.6 is 22.6 Å². The van der Waals surface area contributed by atoms with E-state index in [4.69, 9.17) is 5.73 Å². The zero-order chi connectivity index (χ0) is 16.2. The highest BCUT2D eigenvalue weighted by atomic mass is 127. The molecule has 0 unspecified atom stereocenters. The van der Waals surface area contributed by atoms with Gasteiger partial charge in [-0.3, -0.25) is 0 Å². The van der Waals surface area contributed by atoms with Crippen molar-refractivity contribution < 1.29 is 0 Å². The number of aryl methyl sites for hydroxylation is 1. The van der Waals surface area contributed by atoms with Gasteiger partial charge in [0.05, 0.1) is 0 Å². The second kappa shape index (κ2) is 6.82. The highest BCUT2D eigenvalue weighted by Crippen LogP contribution is 2.28. The Morgan fingerprint density at radius 2 is 1.30 bits per heavy atom. The molecule has 0 saturated heterocycles. The molecular weight excluding hydrogens is 401 g/mol. The lowest BCUT2D eigenvalue weighted by atomic mass is 10.2. The van der Waals surface area contributed by atoms with Crippen molar-refractivity contribution in [2.45, 2.75) is 6.92 Å². The third-order valence-corrected chi connectivity index (χ3v) is 4.02. The summed E-state index contributed by atoms with van der Waals surface area (Å²) in [7, 11) is 0. The van der Waals surface area contributed by atoms with Gasteiger partial charge >= 0.3 is 0 Å². The molecule has 0 radical (unpaired) electrons. The van der Waals surface area contributed by atoms with Gasteiger partial charge in [0.15, 0.2) is 11.6 Å². The van der Waals surface area contributed by atoms with Gasteiger partial charge in [-0.25, -0.2) is 9.97 Å². The summed E-state index contributed by atoms with van der Waals surface area (Å²) in [5, 5.41) is 6.43. The Balaban J connectivity index is 1.83. The van der Waals surface area contributed by atoms with Gasteiger partial charge in [-0.15, -0.1) is 0 Å². The summed E-state index contributed by atoms with van der Waals surface area (Å²) in [5.41, 5.74) is 9.73. The zero-order valence-electron chi connectivity index (χ0n) is 12.5. The first-order valence-corrected chi connectivity index (χ1v) is 8.16. The molecule has 0 aliphatic heterocycles. The smallest absolute Gasteiger partial charge is 0.159 e. The van der Waals surface area contributed by atoms with Crippen LogP contribution in [-0.4, -0.2) is 9.97 Å². The molecule has 1 heterocycles. The second-order valence-corrected chi connectivity index (χ2v) is 6.35. The number of halogens is 1. The molecule has 1 aromatic heterocycles. The van der Waals surface area contributed by atoms with Gasteiger partial charge < -0.3 is 16.4 Å². The molecule has 6 heteroatoms. The summed E-state index contributed by atoms with van der Waals surface area (Å²) in [6, 6.07) is 16.0. The molecule has 0 aliphatic rings. The largest absolute Gasteiger partial charge is 0.393 e. The van der Waals surface area contributed by atoms with E-state index in [1.165, 1.54) is 15.5 Å². The van der Waals surface area contributed by atoms with E-state index in [0.29, 0.717) is 17.3 Å². The monoisotopic (exact) mass is 417 g/mol. The number of nitrogens with one attached hydrogen (secondary N) is 2. The van der Waals surface area contributed by atoms with E-state index < -0.39 is 0 Å². The maximum absolute atomic E-state index is 6.19. The van der Waals surface area contributed by atoms with Crippen LogP contribution in [0, 0.1) is 10.5 Å². The van der Waals surface area contributed by atoms with Crippen LogP contribution in [0.3, 0.4) is 0 Å². The van der Waals surface area contributed by atoms with Crippen LogP contribution in [0.25, 0.3) is 0 Å². The second-order valence-electron chi connectivity index (χ2n) is 5.11. The molecule has 23 heavy (non-hydrogen) atoms. The topological polar surface area (TPSA) is 75.9 Å². The lowest BCUT2D eigenvalue weighted by Gasteiger charge is -2.12. The molecule has 0 spiro atoms. The fourth-order valence-corrected chi connectivity index (χ4v) is 2.40. The number of nitrogens with two attached hydrogens (primary N) is 1. The number of rotatable bonds is 4. The summed E-state index contributed by atoms with van der Waals surface area (Å²) in [6.45, 7) is 2.05. The number of aromatic nitrogens is 2. The number of hydrogen-bond donors (Lipinski definition) is 3. The normalized spacial score (nSPS) is 10.3. The van der Waals surface area contributed by atoms with Gasteiger partial charge in [0.1, 0.15) is 12.0 Å². The average Bonchev–Trinajstić information content (AvgIpc) is 2.55. The lowest BCUT2D eigenvalue weighted by Crippen LogP contribution is -2.05. The third-order valence-electron chi connectivity index (χ3n) is 3.31. The van der Waals surface area contributed by atoms with Crippen molar-refractivity contribution in [3.05, 3.63) is 64.0 Å². The Hall–Kier alpha value is -2.35. The molecule has 0 aliphatic carbocycles. The van der Waals surface area contributed by atoms with Crippen LogP contribution in [0.5, 0.6) is 0 Å². The minimum atomic E-state index is 0.478. The molecule has 116 valence electrons. The van der Waals surface area contributed by atoms with Crippen molar-refractivity contribution >= 4 is 51.3 Å². The first-order valence-electron chi connectivity index (χ1n) is 7.08. The quantitative estimate of drug-likeness (QED) is 0.547. The van der Waals surface area contributed by atoms with E-state index >= 15 is 0 Å². The fourth-order valence-electron chi connectivity index (χ4n) is 2.04. The first-order chi connectivity index (χ1) is 11.1. The standard InChI is InChI=1S/C17H16IN5/c1-11-2-6-13(7-3-11)22-16-15(19)17(21-10-20-16)23-14-8-4-12(18)5-9-14/h2-10H,19H2,1H3,(H2,20,21,22,23). The Morgan fingerprint density at radius 1 is 0.826 bits per heavy atom. The molecule has 0 amide bonds. The minimum Gasteiger partial charge on any atom is -0.393 e. The fraction of sp³-hybridized carbons (Fsp3) is 0.0588. The van der Waals surface area contributed by atoms with E-state index in [1.807, 2.05) is 55.5 Å². The predicted molar refractivity (Wildman–Crippen MR) is 103 cm³/mol. The number of hydrogen-bond acceptors (Lipinski definition) is 5. The van der Waals surface area contributed by atoms with Crippen LogP contribution in [-0.2, 0) is 0 Å². The average molecular weight is 417 g/mol. The van der Waals surface area contributed by atoms with Crippen LogP contribution in [0.1, 0.15) is 5.56 Å². The van der Waals surface area contributed by atoms with Crippen molar-refractivity contribution in [2.24, 2.45) is 0 Å². The van der Waals surface area contributed by atoms with E-state index in [2.05, 4.69) is 43.2 Å². The van der Waals surface area contributed by atoms with Gasteiger partial charge in [0.2, 0.25) is 0 Å². The number of anilines is 5.